The van der Waals surface area contributed by atoms with Crippen LogP contribution >= 0.6 is 0 Å². The van der Waals surface area contributed by atoms with Gasteiger partial charge in [-0.2, -0.15) is 0 Å². The molecule has 0 amide bonds. The van der Waals surface area contributed by atoms with E-state index in [1.165, 1.54) is 64.8 Å². The summed E-state index contributed by atoms with van der Waals surface area (Å²) in [6.07, 6.45) is 11.5. The Morgan fingerprint density at radius 2 is 2.06 bits per heavy atom. The molecule has 0 aromatic carbocycles. The fraction of sp³-hybridized carbons (Fsp3) is 0.867. The van der Waals surface area contributed by atoms with E-state index in [4.69, 9.17) is 0 Å². The molecular weight excluding hydrogens is 208 g/mol. The molecule has 1 heterocycles. The van der Waals surface area contributed by atoms with Crippen LogP contribution in [0, 0.1) is 11.8 Å². The Hall–Kier alpha value is -0.340. The summed E-state index contributed by atoms with van der Waals surface area (Å²) >= 11 is 0. The van der Waals surface area contributed by atoms with E-state index in [0.29, 0.717) is 0 Å². The Morgan fingerprint density at radius 1 is 1.18 bits per heavy atom. The molecular formula is C15H28N2. The zero-order valence-corrected chi connectivity index (χ0v) is 11.3. The van der Waals surface area contributed by atoms with Crippen molar-refractivity contribution in [3.8, 4) is 0 Å². The van der Waals surface area contributed by atoms with Crippen molar-refractivity contribution >= 4 is 0 Å². The third-order valence-electron chi connectivity index (χ3n) is 4.29. The van der Waals surface area contributed by atoms with Gasteiger partial charge in [-0.1, -0.05) is 19.1 Å². The number of hydrogen-bond donors (Lipinski definition) is 1. The second kappa shape index (κ2) is 7.17. The Kier molecular flexibility index (Phi) is 5.53. The summed E-state index contributed by atoms with van der Waals surface area (Å²) in [7, 11) is 0. The minimum absolute atomic E-state index is 0.892. The minimum Gasteiger partial charge on any atom is -0.316 e. The average Bonchev–Trinajstić information content (AvgIpc) is 2.40. The highest BCUT2D eigenvalue weighted by molar-refractivity contribution is 4.90. The third kappa shape index (κ3) is 4.44. The van der Waals surface area contributed by atoms with E-state index >= 15 is 0 Å². The first-order chi connectivity index (χ1) is 8.38. The number of likely N-dealkylation sites (tertiary alicyclic amines) is 1. The molecule has 2 rings (SSSR count). The highest BCUT2D eigenvalue weighted by Gasteiger charge is 2.18. The van der Waals surface area contributed by atoms with Gasteiger partial charge in [-0.3, -0.25) is 0 Å². The van der Waals surface area contributed by atoms with Crippen molar-refractivity contribution in [2.24, 2.45) is 11.8 Å². The van der Waals surface area contributed by atoms with Crippen LogP contribution in [0.5, 0.6) is 0 Å². The summed E-state index contributed by atoms with van der Waals surface area (Å²) < 4.78 is 0. The Morgan fingerprint density at radius 3 is 2.82 bits per heavy atom. The lowest BCUT2D eigenvalue weighted by atomic mass is 9.93. The second-order valence-corrected chi connectivity index (χ2v) is 5.71. The van der Waals surface area contributed by atoms with Crippen LogP contribution in [0.3, 0.4) is 0 Å². The number of allylic oxidation sites excluding steroid dienone is 2. The molecule has 1 aliphatic carbocycles. The van der Waals surface area contributed by atoms with Crippen LogP contribution in [0.2, 0.25) is 0 Å². The molecule has 1 N–H and O–H groups in total. The largest absolute Gasteiger partial charge is 0.316 e. The van der Waals surface area contributed by atoms with Gasteiger partial charge >= 0.3 is 0 Å². The summed E-state index contributed by atoms with van der Waals surface area (Å²) in [4.78, 5) is 2.60. The van der Waals surface area contributed by atoms with Gasteiger partial charge in [-0.05, 0) is 70.1 Å². The van der Waals surface area contributed by atoms with Crippen molar-refractivity contribution in [2.75, 3.05) is 32.7 Å². The molecule has 2 nitrogen and oxygen atoms in total. The Balaban J connectivity index is 1.59. The van der Waals surface area contributed by atoms with Crippen molar-refractivity contribution in [3.05, 3.63) is 12.2 Å². The summed E-state index contributed by atoms with van der Waals surface area (Å²) in [6.45, 7) is 8.60. The van der Waals surface area contributed by atoms with Crippen molar-refractivity contribution < 1.29 is 0 Å². The highest BCUT2D eigenvalue weighted by atomic mass is 15.1. The molecule has 98 valence electrons. The van der Waals surface area contributed by atoms with Crippen molar-refractivity contribution in [1.29, 1.82) is 0 Å². The van der Waals surface area contributed by atoms with Gasteiger partial charge in [0.05, 0.1) is 0 Å². The van der Waals surface area contributed by atoms with Crippen LogP contribution in [0.15, 0.2) is 12.2 Å². The van der Waals surface area contributed by atoms with E-state index in [2.05, 4.69) is 29.3 Å². The fourth-order valence-electron chi connectivity index (χ4n) is 3.14. The van der Waals surface area contributed by atoms with Gasteiger partial charge < -0.3 is 10.2 Å². The third-order valence-corrected chi connectivity index (χ3v) is 4.29. The van der Waals surface area contributed by atoms with Gasteiger partial charge in [0.25, 0.3) is 0 Å². The van der Waals surface area contributed by atoms with Crippen molar-refractivity contribution in [1.82, 2.24) is 10.2 Å². The summed E-state index contributed by atoms with van der Waals surface area (Å²) in [5.74, 6) is 1.79. The summed E-state index contributed by atoms with van der Waals surface area (Å²) in [5.41, 5.74) is 0. The second-order valence-electron chi connectivity index (χ2n) is 5.71. The van der Waals surface area contributed by atoms with E-state index < -0.39 is 0 Å². The van der Waals surface area contributed by atoms with Gasteiger partial charge in [0.1, 0.15) is 0 Å². The molecule has 1 aliphatic heterocycles. The maximum Gasteiger partial charge on any atom is 0.00217 e. The van der Waals surface area contributed by atoms with E-state index in [1.54, 1.807) is 0 Å². The zero-order chi connectivity index (χ0) is 11.9. The molecule has 0 aromatic heterocycles. The van der Waals surface area contributed by atoms with Crippen LogP contribution < -0.4 is 5.32 Å². The predicted octanol–water partition coefficient (Wildman–Crippen LogP) is 2.66. The van der Waals surface area contributed by atoms with Gasteiger partial charge in [0.15, 0.2) is 0 Å². The smallest absolute Gasteiger partial charge is 0.00217 e. The fourth-order valence-corrected chi connectivity index (χ4v) is 3.14. The van der Waals surface area contributed by atoms with E-state index in [-0.39, 0.29) is 0 Å². The summed E-state index contributed by atoms with van der Waals surface area (Å²) in [6, 6.07) is 0. The van der Waals surface area contributed by atoms with Crippen molar-refractivity contribution in [2.45, 2.75) is 39.0 Å². The molecule has 2 aliphatic rings. The lowest BCUT2D eigenvalue weighted by Crippen LogP contribution is -2.40. The molecule has 0 aromatic rings. The van der Waals surface area contributed by atoms with Crippen LogP contribution in [-0.4, -0.2) is 37.6 Å². The number of nitrogens with zero attached hydrogens (tertiary/aromatic N) is 1. The molecule has 0 spiro atoms. The standard InChI is InChI=1S/C15H28N2/c1-2-17-10-6-9-15(13-17)12-16-11-14-7-4-3-5-8-14/h3-4,14-16H,2,5-13H2,1H3/t14-,15+/m0/s1. The first-order valence-corrected chi connectivity index (χ1v) is 7.46. The van der Waals surface area contributed by atoms with Crippen LogP contribution in [0.1, 0.15) is 39.0 Å². The van der Waals surface area contributed by atoms with Crippen LogP contribution in [-0.2, 0) is 0 Å². The molecule has 1 fully saturated rings. The minimum atomic E-state index is 0.892. The maximum atomic E-state index is 3.71. The van der Waals surface area contributed by atoms with Gasteiger partial charge in [-0.15, -0.1) is 0 Å². The van der Waals surface area contributed by atoms with E-state index in [0.717, 1.165) is 11.8 Å². The Labute approximate surface area is 106 Å². The van der Waals surface area contributed by atoms with Crippen LogP contribution in [0.4, 0.5) is 0 Å². The van der Waals surface area contributed by atoms with Gasteiger partial charge in [-0.25, -0.2) is 0 Å². The highest BCUT2D eigenvalue weighted by Crippen LogP contribution is 2.18. The lowest BCUT2D eigenvalue weighted by Gasteiger charge is -2.32. The molecule has 1 saturated heterocycles. The molecule has 0 bridgehead atoms. The maximum absolute atomic E-state index is 3.71. The van der Waals surface area contributed by atoms with Gasteiger partial charge in [0.2, 0.25) is 0 Å². The predicted molar refractivity (Wildman–Crippen MR) is 74.2 cm³/mol. The number of rotatable bonds is 5. The first kappa shape index (κ1) is 13.1. The lowest BCUT2D eigenvalue weighted by molar-refractivity contribution is 0.179. The number of hydrogen-bond acceptors (Lipinski definition) is 2. The van der Waals surface area contributed by atoms with Crippen LogP contribution in [0.25, 0.3) is 0 Å². The zero-order valence-electron chi connectivity index (χ0n) is 11.3. The molecule has 0 radical (unpaired) electrons. The normalized spacial score (nSPS) is 30.6. The van der Waals surface area contributed by atoms with E-state index in [9.17, 15) is 0 Å². The molecule has 2 heteroatoms. The monoisotopic (exact) mass is 236 g/mol. The SMILES string of the molecule is CCN1CCC[C@H](CNC[C@H]2CC=CCC2)C1. The molecule has 17 heavy (non-hydrogen) atoms. The van der Waals surface area contributed by atoms with Gasteiger partial charge in [0, 0.05) is 6.54 Å². The number of nitrogens with one attached hydrogen (secondary N) is 1. The van der Waals surface area contributed by atoms with Crippen molar-refractivity contribution in [3.63, 3.8) is 0 Å². The quantitative estimate of drug-likeness (QED) is 0.738. The first-order valence-electron chi connectivity index (χ1n) is 7.46. The molecule has 0 saturated carbocycles. The number of piperidine rings is 1. The topological polar surface area (TPSA) is 15.3 Å². The average molecular weight is 236 g/mol. The van der Waals surface area contributed by atoms with E-state index in [1.807, 2.05) is 0 Å². The Bertz CT molecular complexity index is 237. The summed E-state index contributed by atoms with van der Waals surface area (Å²) in [5, 5.41) is 3.71. The molecule has 0 unspecified atom stereocenters. The molecule has 2 atom stereocenters.